The first-order chi connectivity index (χ1) is 21.1. The second kappa shape index (κ2) is 13.1. The molecule has 5 rings (SSSR count). The van der Waals surface area contributed by atoms with Gasteiger partial charge in [-0.1, -0.05) is 6.07 Å². The third-order valence-electron chi connectivity index (χ3n) is 7.84. The largest absolute Gasteiger partial charge is 0.494 e. The molecule has 1 atom stereocenters. The van der Waals surface area contributed by atoms with E-state index in [1.807, 2.05) is 6.92 Å². The number of alkyl halides is 3. The van der Waals surface area contributed by atoms with Gasteiger partial charge in [-0.2, -0.15) is 13.2 Å². The molecule has 1 saturated heterocycles. The number of fused-ring (bicyclic) bond motifs is 1. The third-order valence-corrected chi connectivity index (χ3v) is 7.84. The lowest BCUT2D eigenvalue weighted by atomic mass is 9.96. The predicted octanol–water partition coefficient (Wildman–Crippen LogP) is 5.47. The summed E-state index contributed by atoms with van der Waals surface area (Å²) in [5.74, 6) is -0.881. The number of benzene rings is 2. The molecular weight excluding hydrogens is 578 g/mol. The summed E-state index contributed by atoms with van der Waals surface area (Å²) in [5.41, 5.74) is -1.06. The number of amides is 1. The van der Waals surface area contributed by atoms with E-state index >= 15 is 0 Å². The quantitative estimate of drug-likeness (QED) is 0.253. The zero-order valence-electron chi connectivity index (χ0n) is 24.4. The average molecular weight is 612 g/mol. The minimum atomic E-state index is -4.90. The van der Waals surface area contributed by atoms with Crippen molar-refractivity contribution in [3.8, 4) is 11.4 Å². The summed E-state index contributed by atoms with van der Waals surface area (Å²) in [4.78, 5) is 38.4. The summed E-state index contributed by atoms with van der Waals surface area (Å²) in [7, 11) is 0. The summed E-state index contributed by atoms with van der Waals surface area (Å²) in [5, 5.41) is 3.58. The van der Waals surface area contributed by atoms with Crippen LogP contribution in [0.15, 0.2) is 65.6 Å². The van der Waals surface area contributed by atoms with E-state index in [2.05, 4.69) is 10.3 Å². The van der Waals surface area contributed by atoms with Crippen LogP contribution in [-0.4, -0.2) is 51.6 Å². The molecule has 0 bridgehead atoms. The Morgan fingerprint density at radius 3 is 2.55 bits per heavy atom. The molecular formula is C32H33F4N5O3. The molecule has 2 aromatic heterocycles. The van der Waals surface area contributed by atoms with E-state index in [-0.39, 0.29) is 28.5 Å². The number of halogens is 4. The zero-order chi connectivity index (χ0) is 31.4. The molecule has 0 unspecified atom stereocenters. The Morgan fingerprint density at radius 2 is 1.86 bits per heavy atom. The van der Waals surface area contributed by atoms with Gasteiger partial charge in [0.05, 0.1) is 35.7 Å². The van der Waals surface area contributed by atoms with Crippen molar-refractivity contribution >= 4 is 16.9 Å². The maximum atomic E-state index is 14.0. The Bertz CT molecular complexity index is 1680. The lowest BCUT2D eigenvalue weighted by Gasteiger charge is -2.35. The number of hydrogen-bond donors (Lipinski definition) is 1. The van der Waals surface area contributed by atoms with Gasteiger partial charge in [0, 0.05) is 12.7 Å². The van der Waals surface area contributed by atoms with Crippen LogP contribution < -0.4 is 15.6 Å². The van der Waals surface area contributed by atoms with Crippen molar-refractivity contribution in [1.82, 2.24) is 24.8 Å². The lowest BCUT2D eigenvalue weighted by Crippen LogP contribution is -2.43. The molecule has 12 heteroatoms. The Balaban J connectivity index is 1.58. The highest BCUT2D eigenvalue weighted by Gasteiger charge is 2.35. The number of rotatable bonds is 9. The summed E-state index contributed by atoms with van der Waals surface area (Å²) in [6, 6.07) is 12.0. The highest BCUT2D eigenvalue weighted by Crippen LogP contribution is 2.33. The van der Waals surface area contributed by atoms with Crippen LogP contribution in [0.2, 0.25) is 0 Å². The Kier molecular flexibility index (Phi) is 9.28. The van der Waals surface area contributed by atoms with Gasteiger partial charge in [-0.3, -0.25) is 14.2 Å². The minimum Gasteiger partial charge on any atom is -0.494 e. The number of hydrogen-bond acceptors (Lipinski definition) is 6. The highest BCUT2D eigenvalue weighted by molar-refractivity contribution is 5.79. The lowest BCUT2D eigenvalue weighted by molar-refractivity contribution is -0.140. The number of nitrogens with zero attached hydrogens (tertiary/aromatic N) is 4. The minimum absolute atomic E-state index is 0.0308. The van der Waals surface area contributed by atoms with E-state index in [0.29, 0.717) is 36.0 Å². The van der Waals surface area contributed by atoms with Crippen molar-refractivity contribution in [3.63, 3.8) is 0 Å². The van der Waals surface area contributed by atoms with Crippen LogP contribution in [0.5, 0.6) is 5.75 Å². The number of pyridine rings is 1. The van der Waals surface area contributed by atoms with E-state index in [1.54, 1.807) is 48.2 Å². The zero-order valence-corrected chi connectivity index (χ0v) is 24.4. The van der Waals surface area contributed by atoms with E-state index in [9.17, 15) is 27.2 Å². The molecule has 1 aliphatic rings. The van der Waals surface area contributed by atoms with E-state index in [1.165, 1.54) is 16.8 Å². The van der Waals surface area contributed by atoms with Crippen molar-refractivity contribution in [3.05, 3.63) is 93.9 Å². The van der Waals surface area contributed by atoms with Gasteiger partial charge in [0.2, 0.25) is 5.91 Å². The maximum Gasteiger partial charge on any atom is 0.419 e. The van der Waals surface area contributed by atoms with Crippen molar-refractivity contribution in [2.75, 3.05) is 26.2 Å². The molecule has 232 valence electrons. The fraction of sp³-hybridized carbons (Fsp3) is 0.375. The van der Waals surface area contributed by atoms with Crippen LogP contribution in [0.25, 0.3) is 16.7 Å². The Hall–Kier alpha value is -4.32. The number of piperidine rings is 1. The standard InChI is InChI=1S/C32H33F4N5O3/c1-3-44-24-9-7-23(8-10-24)41-30(39-29-25(31(41)43)5-4-14-38-29)20(2)40(19-21-12-15-37-16-13-21)28(42)18-22-6-11-27(33)26(17-22)32(34,35)36/h4-11,14,17,20-21,37H,3,12-13,15-16,18-19H2,1-2H3/t20-/m1/s1. The van der Waals surface area contributed by atoms with Gasteiger partial charge in [0.1, 0.15) is 17.4 Å². The molecule has 0 aliphatic carbocycles. The maximum absolute atomic E-state index is 14.0. The molecule has 0 spiro atoms. The topological polar surface area (TPSA) is 89.3 Å². The summed E-state index contributed by atoms with van der Waals surface area (Å²) in [6.07, 6.45) is -2.18. The molecule has 2 aromatic carbocycles. The van der Waals surface area contributed by atoms with Crippen molar-refractivity contribution in [2.24, 2.45) is 5.92 Å². The Morgan fingerprint density at radius 1 is 1.14 bits per heavy atom. The number of aromatic nitrogens is 3. The first-order valence-corrected chi connectivity index (χ1v) is 14.5. The summed E-state index contributed by atoms with van der Waals surface area (Å²) >= 11 is 0. The van der Waals surface area contributed by atoms with Gasteiger partial charge in [0.15, 0.2) is 5.65 Å². The van der Waals surface area contributed by atoms with Gasteiger partial charge >= 0.3 is 6.18 Å². The molecule has 1 fully saturated rings. The van der Waals surface area contributed by atoms with Crippen LogP contribution in [0.4, 0.5) is 17.6 Å². The van der Waals surface area contributed by atoms with Crippen LogP contribution in [-0.2, 0) is 17.4 Å². The van der Waals surface area contributed by atoms with Crippen LogP contribution in [0, 0.1) is 11.7 Å². The summed E-state index contributed by atoms with van der Waals surface area (Å²) in [6.45, 7) is 5.91. The third kappa shape index (κ3) is 6.75. The predicted molar refractivity (Wildman–Crippen MR) is 157 cm³/mol. The fourth-order valence-corrected chi connectivity index (χ4v) is 5.56. The molecule has 0 radical (unpaired) electrons. The number of carbonyl (C=O) groups is 1. The van der Waals surface area contributed by atoms with Crippen LogP contribution >= 0.6 is 0 Å². The smallest absolute Gasteiger partial charge is 0.419 e. The van der Waals surface area contributed by atoms with Crippen molar-refractivity contribution in [1.29, 1.82) is 0 Å². The molecule has 4 aromatic rings. The molecule has 44 heavy (non-hydrogen) atoms. The van der Waals surface area contributed by atoms with Gasteiger partial charge < -0.3 is 15.0 Å². The van der Waals surface area contributed by atoms with Crippen LogP contribution in [0.3, 0.4) is 0 Å². The normalized spacial score (nSPS) is 14.9. The first-order valence-electron chi connectivity index (χ1n) is 14.5. The SMILES string of the molecule is CCOc1ccc(-n2c([C@@H](C)N(CC3CCNCC3)C(=O)Cc3ccc(F)c(C(F)(F)F)c3)nc3ncccc3c2=O)cc1. The van der Waals surface area contributed by atoms with Gasteiger partial charge in [-0.15, -0.1) is 0 Å². The first kappa shape index (κ1) is 31.1. The molecule has 1 aliphatic heterocycles. The van der Waals surface area contributed by atoms with E-state index in [0.717, 1.165) is 32.0 Å². The van der Waals surface area contributed by atoms with Crippen molar-refractivity contribution in [2.45, 2.75) is 45.3 Å². The average Bonchev–Trinajstić information content (AvgIpc) is 3.01. The van der Waals surface area contributed by atoms with Gasteiger partial charge in [-0.05, 0) is 99.8 Å². The monoisotopic (exact) mass is 611 g/mol. The summed E-state index contributed by atoms with van der Waals surface area (Å²) < 4.78 is 61.3. The van der Waals surface area contributed by atoms with Gasteiger partial charge in [-0.25, -0.2) is 14.4 Å². The van der Waals surface area contributed by atoms with Crippen molar-refractivity contribution < 1.29 is 27.1 Å². The molecule has 8 nitrogen and oxygen atoms in total. The second-order valence-corrected chi connectivity index (χ2v) is 10.8. The number of ether oxygens (including phenoxy) is 1. The Labute approximate surface area is 251 Å². The number of carbonyl (C=O) groups excluding carboxylic acids is 1. The highest BCUT2D eigenvalue weighted by atomic mass is 19.4. The van der Waals surface area contributed by atoms with E-state index < -0.39 is 35.9 Å². The second-order valence-electron chi connectivity index (χ2n) is 10.8. The van der Waals surface area contributed by atoms with Crippen LogP contribution in [0.1, 0.15) is 49.7 Å². The fourth-order valence-electron chi connectivity index (χ4n) is 5.56. The molecule has 1 N–H and O–H groups in total. The van der Waals surface area contributed by atoms with E-state index in [4.69, 9.17) is 9.72 Å². The molecule has 1 amide bonds. The molecule has 3 heterocycles. The number of nitrogens with one attached hydrogen (secondary N) is 1. The van der Waals surface area contributed by atoms with Gasteiger partial charge in [0.25, 0.3) is 5.56 Å². The molecule has 0 saturated carbocycles.